The Bertz CT molecular complexity index is 532. The van der Waals surface area contributed by atoms with Crippen molar-refractivity contribution in [3.63, 3.8) is 0 Å². The lowest BCUT2D eigenvalue weighted by atomic mass is 10.3. The van der Waals surface area contributed by atoms with E-state index in [0.717, 1.165) is 43.3 Å². The molecule has 3 nitrogen and oxygen atoms in total. The second-order valence-electron chi connectivity index (χ2n) is 4.60. The molecule has 0 spiro atoms. The first-order valence-electron chi connectivity index (χ1n) is 6.29. The zero-order valence-electron chi connectivity index (χ0n) is 10.2. The summed E-state index contributed by atoms with van der Waals surface area (Å²) >= 11 is 7.76. The van der Waals surface area contributed by atoms with Gasteiger partial charge in [-0.15, -0.1) is 11.3 Å². The molecular weight excluding hydrogens is 266 g/mol. The van der Waals surface area contributed by atoms with Crippen molar-refractivity contribution in [2.75, 3.05) is 26.2 Å². The molecule has 0 aliphatic carbocycles. The molecule has 1 saturated heterocycles. The van der Waals surface area contributed by atoms with Crippen molar-refractivity contribution in [2.24, 2.45) is 0 Å². The van der Waals surface area contributed by atoms with Crippen LogP contribution in [0.25, 0.3) is 10.2 Å². The Balaban J connectivity index is 1.77. The molecule has 3 rings (SSSR count). The summed E-state index contributed by atoms with van der Waals surface area (Å²) in [4.78, 5) is 7.14. The number of nitrogens with one attached hydrogen (secondary N) is 1. The Morgan fingerprint density at radius 1 is 1.33 bits per heavy atom. The molecule has 1 aliphatic heterocycles. The Morgan fingerprint density at radius 2 is 2.28 bits per heavy atom. The average molecular weight is 282 g/mol. The molecule has 1 fully saturated rings. The van der Waals surface area contributed by atoms with Crippen molar-refractivity contribution in [3.8, 4) is 0 Å². The first kappa shape index (κ1) is 12.4. The van der Waals surface area contributed by atoms with E-state index in [1.807, 2.05) is 12.1 Å². The number of benzene rings is 1. The van der Waals surface area contributed by atoms with Crippen molar-refractivity contribution in [2.45, 2.75) is 13.0 Å². The minimum absolute atomic E-state index is 0.762. The highest BCUT2D eigenvalue weighted by atomic mass is 35.5. The summed E-state index contributed by atoms with van der Waals surface area (Å²) in [6.07, 6.45) is 1.22. The van der Waals surface area contributed by atoms with Gasteiger partial charge in [0.15, 0.2) is 0 Å². The summed E-state index contributed by atoms with van der Waals surface area (Å²) in [7, 11) is 0. The Kier molecular flexibility index (Phi) is 3.80. The van der Waals surface area contributed by atoms with E-state index >= 15 is 0 Å². The van der Waals surface area contributed by atoms with Crippen molar-refractivity contribution in [3.05, 3.63) is 28.2 Å². The number of rotatable bonds is 2. The molecule has 96 valence electrons. The normalized spacial score (nSPS) is 18.1. The van der Waals surface area contributed by atoms with Crippen LogP contribution in [-0.2, 0) is 6.54 Å². The maximum absolute atomic E-state index is 5.99. The predicted octanol–water partition coefficient (Wildman–Crippen LogP) is 2.75. The standard InChI is InChI=1S/C13H16ClN3S/c14-10-2-3-12-11(8-10)16-13(18-12)9-17-6-1-4-15-5-7-17/h2-3,8,15H,1,4-7,9H2. The van der Waals surface area contributed by atoms with E-state index in [9.17, 15) is 0 Å². The van der Waals surface area contributed by atoms with Crippen molar-refractivity contribution in [1.29, 1.82) is 0 Å². The van der Waals surface area contributed by atoms with Gasteiger partial charge in [0.1, 0.15) is 5.01 Å². The molecular formula is C13H16ClN3S. The SMILES string of the molecule is Clc1ccc2sc(CN3CCCNCC3)nc2c1. The van der Waals surface area contributed by atoms with E-state index in [1.54, 1.807) is 11.3 Å². The zero-order valence-corrected chi connectivity index (χ0v) is 11.7. The molecule has 0 amide bonds. The summed E-state index contributed by atoms with van der Waals surface area (Å²) in [5.41, 5.74) is 1.02. The van der Waals surface area contributed by atoms with Crippen LogP contribution in [0.5, 0.6) is 0 Å². The van der Waals surface area contributed by atoms with E-state index in [1.165, 1.54) is 16.1 Å². The summed E-state index contributed by atoms with van der Waals surface area (Å²) < 4.78 is 1.22. The van der Waals surface area contributed by atoms with Gasteiger partial charge in [-0.3, -0.25) is 4.90 Å². The zero-order chi connectivity index (χ0) is 12.4. The number of aromatic nitrogens is 1. The summed E-state index contributed by atoms with van der Waals surface area (Å²) in [5, 5.41) is 5.37. The Hall–Kier alpha value is -0.680. The average Bonchev–Trinajstić information content (AvgIpc) is 2.57. The highest BCUT2D eigenvalue weighted by Gasteiger charge is 2.12. The van der Waals surface area contributed by atoms with Crippen LogP contribution in [0.4, 0.5) is 0 Å². The summed E-state index contributed by atoms with van der Waals surface area (Å²) in [6.45, 7) is 5.43. The van der Waals surface area contributed by atoms with Gasteiger partial charge in [-0.1, -0.05) is 11.6 Å². The van der Waals surface area contributed by atoms with Crippen molar-refractivity contribution in [1.82, 2.24) is 15.2 Å². The number of thiazole rings is 1. The van der Waals surface area contributed by atoms with Gasteiger partial charge in [0.25, 0.3) is 0 Å². The molecule has 5 heteroatoms. The van der Waals surface area contributed by atoms with Crippen molar-refractivity contribution < 1.29 is 0 Å². The minimum atomic E-state index is 0.762. The maximum Gasteiger partial charge on any atom is 0.108 e. The molecule has 0 bridgehead atoms. The monoisotopic (exact) mass is 281 g/mol. The molecule has 0 atom stereocenters. The van der Waals surface area contributed by atoms with Crippen LogP contribution < -0.4 is 5.32 Å². The van der Waals surface area contributed by atoms with E-state index in [2.05, 4.69) is 21.3 Å². The lowest BCUT2D eigenvalue weighted by Crippen LogP contribution is -2.27. The van der Waals surface area contributed by atoms with Gasteiger partial charge in [0.2, 0.25) is 0 Å². The van der Waals surface area contributed by atoms with Crippen LogP contribution in [0.15, 0.2) is 18.2 Å². The van der Waals surface area contributed by atoms with Crippen LogP contribution in [0.2, 0.25) is 5.02 Å². The highest BCUT2D eigenvalue weighted by Crippen LogP contribution is 2.25. The quantitative estimate of drug-likeness (QED) is 0.917. The molecule has 2 heterocycles. The second kappa shape index (κ2) is 5.53. The topological polar surface area (TPSA) is 28.2 Å². The number of hydrogen-bond donors (Lipinski definition) is 1. The van der Waals surface area contributed by atoms with Gasteiger partial charge >= 0.3 is 0 Å². The molecule has 1 aromatic heterocycles. The molecule has 1 aromatic carbocycles. The molecule has 18 heavy (non-hydrogen) atoms. The first-order valence-corrected chi connectivity index (χ1v) is 7.49. The smallest absolute Gasteiger partial charge is 0.108 e. The minimum Gasteiger partial charge on any atom is -0.315 e. The highest BCUT2D eigenvalue weighted by molar-refractivity contribution is 7.18. The maximum atomic E-state index is 5.99. The lowest BCUT2D eigenvalue weighted by molar-refractivity contribution is 0.284. The van der Waals surface area contributed by atoms with Crippen LogP contribution in [-0.4, -0.2) is 36.1 Å². The predicted molar refractivity (Wildman–Crippen MR) is 77.4 cm³/mol. The fourth-order valence-corrected chi connectivity index (χ4v) is 3.42. The number of halogens is 1. The molecule has 0 saturated carbocycles. The van der Waals surface area contributed by atoms with Crippen LogP contribution in [0, 0.1) is 0 Å². The third kappa shape index (κ3) is 2.83. The molecule has 1 N–H and O–H groups in total. The Labute approximate surface area is 116 Å². The molecule has 2 aromatic rings. The third-order valence-electron chi connectivity index (χ3n) is 3.19. The van der Waals surface area contributed by atoms with Gasteiger partial charge in [0, 0.05) is 18.1 Å². The van der Waals surface area contributed by atoms with Gasteiger partial charge in [-0.2, -0.15) is 0 Å². The largest absolute Gasteiger partial charge is 0.315 e. The second-order valence-corrected chi connectivity index (χ2v) is 6.15. The summed E-state index contributed by atoms with van der Waals surface area (Å²) in [6, 6.07) is 5.94. The first-order chi connectivity index (χ1) is 8.81. The lowest BCUT2D eigenvalue weighted by Gasteiger charge is -2.17. The van der Waals surface area contributed by atoms with Crippen LogP contribution in [0.3, 0.4) is 0 Å². The van der Waals surface area contributed by atoms with Crippen molar-refractivity contribution >= 4 is 33.2 Å². The number of nitrogens with zero attached hydrogens (tertiary/aromatic N) is 2. The van der Waals surface area contributed by atoms with E-state index in [4.69, 9.17) is 11.6 Å². The molecule has 1 aliphatic rings. The molecule has 0 radical (unpaired) electrons. The van der Waals surface area contributed by atoms with Gasteiger partial charge < -0.3 is 5.32 Å². The van der Waals surface area contributed by atoms with E-state index in [0.29, 0.717) is 0 Å². The number of hydrogen-bond acceptors (Lipinski definition) is 4. The number of fused-ring (bicyclic) bond motifs is 1. The van der Waals surface area contributed by atoms with Gasteiger partial charge in [-0.05, 0) is 37.7 Å². The third-order valence-corrected chi connectivity index (χ3v) is 4.44. The fraction of sp³-hybridized carbons (Fsp3) is 0.462. The van der Waals surface area contributed by atoms with Crippen LogP contribution >= 0.6 is 22.9 Å². The van der Waals surface area contributed by atoms with Gasteiger partial charge in [-0.25, -0.2) is 4.98 Å². The fourth-order valence-electron chi connectivity index (χ4n) is 2.27. The van der Waals surface area contributed by atoms with E-state index < -0.39 is 0 Å². The van der Waals surface area contributed by atoms with Gasteiger partial charge in [0.05, 0.1) is 16.8 Å². The molecule has 0 unspecified atom stereocenters. The van der Waals surface area contributed by atoms with Crippen LogP contribution in [0.1, 0.15) is 11.4 Å². The summed E-state index contributed by atoms with van der Waals surface area (Å²) in [5.74, 6) is 0. The Morgan fingerprint density at radius 3 is 3.22 bits per heavy atom. The van der Waals surface area contributed by atoms with E-state index in [-0.39, 0.29) is 0 Å².